The molecule has 0 unspecified atom stereocenters. The molecule has 1 fully saturated rings. The number of aliphatic hydroxyl groups is 1. The van der Waals surface area contributed by atoms with Crippen molar-refractivity contribution in [3.05, 3.63) is 89.2 Å². The fourth-order valence-corrected chi connectivity index (χ4v) is 4.25. The Morgan fingerprint density at radius 2 is 1.77 bits per heavy atom. The fourth-order valence-electron chi connectivity index (χ4n) is 4.25. The molecule has 3 aromatic rings. The Balaban J connectivity index is 1.53. The van der Waals surface area contributed by atoms with Gasteiger partial charge < -0.3 is 10.0 Å². The second-order valence-electron chi connectivity index (χ2n) is 8.41. The minimum Gasteiger partial charge on any atom is -0.389 e. The molecular formula is C26H28N2O2. The molecule has 1 saturated heterocycles. The van der Waals surface area contributed by atoms with E-state index in [9.17, 15) is 9.90 Å². The summed E-state index contributed by atoms with van der Waals surface area (Å²) in [4.78, 5) is 19.6. The number of piperidine rings is 1. The van der Waals surface area contributed by atoms with Gasteiger partial charge in [0.25, 0.3) is 5.91 Å². The van der Waals surface area contributed by atoms with E-state index >= 15 is 0 Å². The summed E-state index contributed by atoms with van der Waals surface area (Å²) >= 11 is 0. The Morgan fingerprint density at radius 3 is 2.47 bits per heavy atom. The molecule has 0 spiro atoms. The van der Waals surface area contributed by atoms with Gasteiger partial charge in [-0.25, -0.2) is 0 Å². The number of nitrogens with zero attached hydrogens (tertiary/aromatic N) is 2. The van der Waals surface area contributed by atoms with E-state index in [-0.39, 0.29) is 5.91 Å². The number of benzene rings is 2. The highest BCUT2D eigenvalue weighted by Gasteiger charge is 2.34. The Morgan fingerprint density at radius 1 is 1.03 bits per heavy atom. The van der Waals surface area contributed by atoms with Gasteiger partial charge in [0.05, 0.1) is 5.60 Å². The van der Waals surface area contributed by atoms with Crippen LogP contribution in [0.4, 0.5) is 0 Å². The lowest BCUT2D eigenvalue weighted by Gasteiger charge is -2.38. The molecule has 154 valence electrons. The van der Waals surface area contributed by atoms with Crippen LogP contribution in [0.5, 0.6) is 0 Å². The molecule has 4 nitrogen and oxygen atoms in total. The van der Waals surface area contributed by atoms with Crippen molar-refractivity contribution >= 4 is 5.91 Å². The van der Waals surface area contributed by atoms with E-state index in [4.69, 9.17) is 0 Å². The molecule has 4 heteroatoms. The maximum absolute atomic E-state index is 13.4. The number of amides is 1. The van der Waals surface area contributed by atoms with Crippen LogP contribution in [0.2, 0.25) is 0 Å². The smallest absolute Gasteiger partial charge is 0.254 e. The molecule has 1 amide bonds. The highest BCUT2D eigenvalue weighted by atomic mass is 16.3. The van der Waals surface area contributed by atoms with Gasteiger partial charge in [-0.05, 0) is 61.6 Å². The van der Waals surface area contributed by atoms with Gasteiger partial charge in [-0.15, -0.1) is 0 Å². The first-order chi connectivity index (χ1) is 14.4. The van der Waals surface area contributed by atoms with Crippen LogP contribution in [0.3, 0.4) is 0 Å². The molecule has 0 radical (unpaired) electrons. The summed E-state index contributed by atoms with van der Waals surface area (Å²) in [7, 11) is 0. The number of carbonyl (C=O) groups excluding carboxylic acids is 1. The van der Waals surface area contributed by atoms with Gasteiger partial charge in [0, 0.05) is 37.0 Å². The summed E-state index contributed by atoms with van der Waals surface area (Å²) in [5, 5.41) is 11.1. The minimum absolute atomic E-state index is 0.0323. The standard InChI is InChI=1S/C26H28N2O2/c1-19-8-9-23(22-10-13-27-20(2)17-22)24(16-19)25(29)28-14-11-26(30,12-15-28)18-21-6-4-3-5-7-21/h3-10,13,16-17,30H,11-12,14-15,18H2,1-2H3. The number of pyridine rings is 1. The maximum Gasteiger partial charge on any atom is 0.254 e. The molecule has 2 aromatic carbocycles. The van der Waals surface area contributed by atoms with Crippen molar-refractivity contribution in [2.45, 2.75) is 38.7 Å². The van der Waals surface area contributed by atoms with Crippen LogP contribution >= 0.6 is 0 Å². The largest absolute Gasteiger partial charge is 0.389 e. The van der Waals surface area contributed by atoms with Gasteiger partial charge in [0.15, 0.2) is 0 Å². The van der Waals surface area contributed by atoms with E-state index in [1.165, 1.54) is 0 Å². The molecule has 0 bridgehead atoms. The van der Waals surface area contributed by atoms with Crippen LogP contribution in [0.25, 0.3) is 11.1 Å². The zero-order valence-corrected chi connectivity index (χ0v) is 17.6. The summed E-state index contributed by atoms with van der Waals surface area (Å²) in [5.74, 6) is 0.0323. The average Bonchev–Trinajstić information content (AvgIpc) is 2.74. The Hall–Kier alpha value is -2.98. The Bertz CT molecular complexity index is 1040. The number of carbonyl (C=O) groups is 1. The lowest BCUT2D eigenvalue weighted by Crippen LogP contribution is -2.47. The van der Waals surface area contributed by atoms with Crippen molar-refractivity contribution in [1.29, 1.82) is 0 Å². The number of likely N-dealkylation sites (tertiary alicyclic amines) is 1. The molecule has 1 aliphatic heterocycles. The van der Waals surface area contributed by atoms with Gasteiger partial charge in [-0.2, -0.15) is 0 Å². The molecule has 0 aliphatic carbocycles. The predicted octanol–water partition coefficient (Wildman–Crippen LogP) is 4.58. The van der Waals surface area contributed by atoms with Gasteiger partial charge >= 0.3 is 0 Å². The third-order valence-corrected chi connectivity index (χ3v) is 5.97. The second-order valence-corrected chi connectivity index (χ2v) is 8.41. The number of hydrogen-bond donors (Lipinski definition) is 1. The second kappa shape index (κ2) is 8.41. The van der Waals surface area contributed by atoms with E-state index in [1.54, 1.807) is 6.20 Å². The molecule has 30 heavy (non-hydrogen) atoms. The van der Waals surface area contributed by atoms with Crippen LogP contribution < -0.4 is 0 Å². The van der Waals surface area contributed by atoms with Crippen molar-refractivity contribution in [2.75, 3.05) is 13.1 Å². The molecule has 0 saturated carbocycles. The van der Waals surface area contributed by atoms with E-state index < -0.39 is 5.60 Å². The molecule has 1 N–H and O–H groups in total. The zero-order valence-electron chi connectivity index (χ0n) is 17.6. The van der Waals surface area contributed by atoms with Crippen LogP contribution in [0.1, 0.15) is 40.0 Å². The summed E-state index contributed by atoms with van der Waals surface area (Å²) < 4.78 is 0. The first kappa shape index (κ1) is 20.3. The van der Waals surface area contributed by atoms with E-state index in [1.807, 2.05) is 79.4 Å². The third-order valence-electron chi connectivity index (χ3n) is 5.97. The molecule has 0 atom stereocenters. The van der Waals surface area contributed by atoms with Crippen molar-refractivity contribution in [3.63, 3.8) is 0 Å². The number of aryl methyl sites for hydroxylation is 2. The van der Waals surface area contributed by atoms with Crippen LogP contribution in [0.15, 0.2) is 66.9 Å². The maximum atomic E-state index is 13.4. The van der Waals surface area contributed by atoms with Crippen LogP contribution in [-0.2, 0) is 6.42 Å². The minimum atomic E-state index is -0.754. The highest BCUT2D eigenvalue weighted by Crippen LogP contribution is 2.30. The normalized spacial score (nSPS) is 15.8. The van der Waals surface area contributed by atoms with Gasteiger partial charge in [-0.3, -0.25) is 9.78 Å². The summed E-state index contributed by atoms with van der Waals surface area (Å²) in [6.07, 6.45) is 3.58. The van der Waals surface area contributed by atoms with E-state index in [2.05, 4.69) is 4.98 Å². The Labute approximate surface area is 178 Å². The highest BCUT2D eigenvalue weighted by molar-refractivity contribution is 6.01. The van der Waals surface area contributed by atoms with Crippen molar-refractivity contribution in [1.82, 2.24) is 9.88 Å². The quantitative estimate of drug-likeness (QED) is 0.698. The fraction of sp³-hybridized carbons (Fsp3) is 0.308. The van der Waals surface area contributed by atoms with Crippen molar-refractivity contribution in [2.24, 2.45) is 0 Å². The summed E-state index contributed by atoms with van der Waals surface area (Å²) in [5.41, 5.74) is 5.02. The molecule has 1 aromatic heterocycles. The van der Waals surface area contributed by atoms with Crippen LogP contribution in [0, 0.1) is 13.8 Å². The molecule has 1 aliphatic rings. The lowest BCUT2D eigenvalue weighted by atomic mass is 9.85. The third kappa shape index (κ3) is 4.44. The van der Waals surface area contributed by atoms with Crippen LogP contribution in [-0.4, -0.2) is 39.6 Å². The first-order valence-corrected chi connectivity index (χ1v) is 10.5. The lowest BCUT2D eigenvalue weighted by molar-refractivity contribution is -0.0162. The molecular weight excluding hydrogens is 372 g/mol. The van der Waals surface area contributed by atoms with Crippen molar-refractivity contribution in [3.8, 4) is 11.1 Å². The number of hydrogen-bond acceptors (Lipinski definition) is 3. The topological polar surface area (TPSA) is 53.4 Å². The SMILES string of the molecule is Cc1ccc(-c2ccnc(C)c2)c(C(=O)N2CCC(O)(Cc3ccccc3)CC2)c1. The first-order valence-electron chi connectivity index (χ1n) is 10.5. The summed E-state index contributed by atoms with van der Waals surface area (Å²) in [6.45, 7) is 5.08. The molecule has 2 heterocycles. The van der Waals surface area contributed by atoms with Crippen molar-refractivity contribution < 1.29 is 9.90 Å². The predicted molar refractivity (Wildman–Crippen MR) is 119 cm³/mol. The van der Waals surface area contributed by atoms with Gasteiger partial charge in [0.1, 0.15) is 0 Å². The number of aromatic nitrogens is 1. The average molecular weight is 401 g/mol. The van der Waals surface area contributed by atoms with Gasteiger partial charge in [-0.1, -0.05) is 48.0 Å². The number of rotatable bonds is 4. The zero-order chi connectivity index (χ0) is 21.1. The monoisotopic (exact) mass is 400 g/mol. The van der Waals surface area contributed by atoms with E-state index in [0.29, 0.717) is 37.9 Å². The van der Waals surface area contributed by atoms with E-state index in [0.717, 1.165) is 27.9 Å². The molecule has 4 rings (SSSR count). The van der Waals surface area contributed by atoms with Gasteiger partial charge in [0.2, 0.25) is 0 Å². The summed E-state index contributed by atoms with van der Waals surface area (Å²) in [6, 6.07) is 20.1. The Kier molecular flexibility index (Phi) is 5.69.